The van der Waals surface area contributed by atoms with Crippen molar-refractivity contribution >= 4 is 48.8 Å². The Bertz CT molecular complexity index is 2170. The van der Waals surface area contributed by atoms with Gasteiger partial charge in [0.2, 0.25) is 13.6 Å². The summed E-state index contributed by atoms with van der Waals surface area (Å²) in [5.41, 5.74) is -10.9. The fourth-order valence-corrected chi connectivity index (χ4v) is 8.26. The fraction of sp³-hybridized carbons (Fsp3) is 0.325. The van der Waals surface area contributed by atoms with Crippen molar-refractivity contribution in [3.8, 4) is 0 Å². The van der Waals surface area contributed by atoms with Crippen LogP contribution < -0.4 is 0 Å². The van der Waals surface area contributed by atoms with Gasteiger partial charge in [0.25, 0.3) is 0 Å². The quantitative estimate of drug-likeness (QED) is 0.0303. The number of halogens is 5. The lowest BCUT2D eigenvalue weighted by molar-refractivity contribution is -0.155. The van der Waals surface area contributed by atoms with Gasteiger partial charge in [-0.2, -0.15) is 17.6 Å². The molecule has 0 bridgehead atoms. The molecule has 0 saturated heterocycles. The van der Waals surface area contributed by atoms with Gasteiger partial charge in [-0.15, -0.1) is 0 Å². The Morgan fingerprint density at radius 2 is 1.09 bits per heavy atom. The first-order valence-electron chi connectivity index (χ1n) is 17.6. The molecule has 2 N–H and O–H groups in total. The van der Waals surface area contributed by atoms with Crippen molar-refractivity contribution in [2.45, 2.75) is 57.3 Å². The molecule has 3 unspecified atom stereocenters. The third-order valence-electron chi connectivity index (χ3n) is 8.98. The molecule has 0 aliphatic carbocycles. The van der Waals surface area contributed by atoms with E-state index in [2.05, 4.69) is 34.5 Å². The summed E-state index contributed by atoms with van der Waals surface area (Å²) in [5, 5.41) is 0. The lowest BCUT2D eigenvalue weighted by Gasteiger charge is -2.34. The molecule has 0 amide bonds. The minimum absolute atomic E-state index is 0.153. The Morgan fingerprint density at radius 1 is 0.638 bits per heavy atom. The number of carbonyl (C=O) groups is 3. The minimum atomic E-state index is -5.79. The van der Waals surface area contributed by atoms with Crippen molar-refractivity contribution in [1.82, 2.24) is 0 Å². The van der Waals surface area contributed by atoms with E-state index in [0.717, 1.165) is 18.2 Å². The van der Waals surface area contributed by atoms with Crippen LogP contribution in [0.4, 0.5) is 17.6 Å². The SMILES string of the molecule is CC(C)C(=O)OCOP(=O)(O)C(F)(F)c1ccc(CC(Cc2ccc(C(F)(F)P(=O)(O)OCOC(=O)C(C)C)c(Br)c2)(C(=O)c2ccccc2)c2ccccc2)cc1. The van der Waals surface area contributed by atoms with Gasteiger partial charge in [-0.3, -0.25) is 32.6 Å². The molecule has 11 nitrogen and oxygen atoms in total. The second kappa shape index (κ2) is 18.9. The van der Waals surface area contributed by atoms with Crippen LogP contribution in [0.3, 0.4) is 0 Å². The fourth-order valence-electron chi connectivity index (χ4n) is 5.74. The number of esters is 2. The molecule has 4 aromatic rings. The standard InChI is InChI=1S/C40H41BrF4O11P2/c1-26(2)36(47)53-24-55-57(49,50)39(42,43)32-18-15-28(16-19-32)22-38(31-13-9-6-10-14-31,35(46)30-11-7-5-8-12-30)23-29-17-20-33(34(41)21-29)40(44,45)58(51,52)56-25-54-37(48)27(3)4/h5-21,26-27H,22-25H2,1-4H3,(H,49,50)(H,51,52). The average Bonchev–Trinajstić information content (AvgIpc) is 3.17. The molecule has 0 fully saturated rings. The van der Waals surface area contributed by atoms with Crippen molar-refractivity contribution < 1.29 is 69.4 Å². The maximum atomic E-state index is 15.6. The van der Waals surface area contributed by atoms with Crippen LogP contribution >= 0.6 is 31.1 Å². The van der Waals surface area contributed by atoms with Gasteiger partial charge in [0.15, 0.2) is 5.78 Å². The summed E-state index contributed by atoms with van der Waals surface area (Å²) < 4.78 is 105. The molecule has 0 heterocycles. The lowest BCUT2D eigenvalue weighted by Crippen LogP contribution is -2.40. The monoisotopic (exact) mass is 914 g/mol. The first-order valence-corrected chi connectivity index (χ1v) is 21.6. The molecule has 18 heteroatoms. The Balaban J connectivity index is 1.73. The van der Waals surface area contributed by atoms with Crippen LogP contribution in [-0.4, -0.2) is 41.1 Å². The Morgan fingerprint density at radius 3 is 1.57 bits per heavy atom. The van der Waals surface area contributed by atoms with Crippen LogP contribution in [0.1, 0.15) is 65.9 Å². The van der Waals surface area contributed by atoms with Gasteiger partial charge in [0.05, 0.1) is 17.3 Å². The molecule has 0 aromatic heterocycles. The summed E-state index contributed by atoms with van der Waals surface area (Å²) >= 11 is 3.08. The smallest absolute Gasteiger partial charge is 0.404 e. The van der Waals surface area contributed by atoms with Crippen LogP contribution in [0.15, 0.2) is 108 Å². The van der Waals surface area contributed by atoms with E-state index in [1.807, 2.05) is 0 Å². The molecular formula is C40H41BrF4O11P2. The molecule has 0 aliphatic rings. The normalized spacial score (nSPS) is 15.3. The molecule has 0 radical (unpaired) electrons. The molecule has 4 rings (SSSR count). The van der Waals surface area contributed by atoms with Crippen LogP contribution in [0.5, 0.6) is 0 Å². The van der Waals surface area contributed by atoms with Crippen molar-refractivity contribution in [2.75, 3.05) is 13.6 Å². The molecule has 0 spiro atoms. The highest BCUT2D eigenvalue weighted by Crippen LogP contribution is 2.64. The highest BCUT2D eigenvalue weighted by Gasteiger charge is 2.55. The molecule has 0 saturated carbocycles. The van der Waals surface area contributed by atoms with Gasteiger partial charge in [0, 0.05) is 21.2 Å². The number of ketones is 1. The molecule has 4 aromatic carbocycles. The van der Waals surface area contributed by atoms with Gasteiger partial charge in [-0.25, -0.2) is 0 Å². The summed E-state index contributed by atoms with van der Waals surface area (Å²) in [6, 6.07) is 24.3. The number of alkyl halides is 4. The van der Waals surface area contributed by atoms with E-state index < -0.39 is 86.2 Å². The zero-order chi connectivity index (χ0) is 43.1. The number of benzene rings is 4. The van der Waals surface area contributed by atoms with Crippen molar-refractivity contribution in [3.05, 3.63) is 141 Å². The molecule has 58 heavy (non-hydrogen) atoms. The molecular weight excluding hydrogens is 874 g/mol. The number of hydrogen-bond acceptors (Lipinski definition) is 9. The predicted octanol–water partition coefficient (Wildman–Crippen LogP) is 9.87. The van der Waals surface area contributed by atoms with E-state index in [0.29, 0.717) is 16.7 Å². The highest BCUT2D eigenvalue weighted by atomic mass is 79.9. The Kier molecular flexibility index (Phi) is 15.2. The number of hydrogen-bond donors (Lipinski definition) is 2. The summed E-state index contributed by atoms with van der Waals surface area (Å²) in [6.45, 7) is 3.51. The molecule has 3 atom stereocenters. The van der Waals surface area contributed by atoms with Gasteiger partial charge in [0.1, 0.15) is 0 Å². The van der Waals surface area contributed by atoms with E-state index in [1.54, 1.807) is 60.7 Å². The van der Waals surface area contributed by atoms with E-state index in [-0.39, 0.29) is 22.9 Å². The molecule has 312 valence electrons. The second-order valence-corrected chi connectivity index (χ2v) is 18.4. The second-order valence-electron chi connectivity index (χ2n) is 13.9. The van der Waals surface area contributed by atoms with Crippen LogP contribution in [-0.2, 0) is 66.8 Å². The zero-order valence-corrected chi connectivity index (χ0v) is 35.0. The average molecular weight is 916 g/mol. The van der Waals surface area contributed by atoms with E-state index in [9.17, 15) is 33.3 Å². The summed E-state index contributed by atoms with van der Waals surface area (Å²) in [5.74, 6) is -3.37. The largest absolute Gasteiger partial charge is 0.438 e. The lowest BCUT2D eigenvalue weighted by atomic mass is 9.67. The van der Waals surface area contributed by atoms with Gasteiger partial charge in [-0.05, 0) is 35.6 Å². The van der Waals surface area contributed by atoms with Crippen LogP contribution in [0, 0.1) is 11.8 Å². The highest BCUT2D eigenvalue weighted by molar-refractivity contribution is 9.10. The third-order valence-corrected chi connectivity index (χ3v) is 12.5. The minimum Gasteiger partial charge on any atom is -0.438 e. The van der Waals surface area contributed by atoms with Gasteiger partial charge >= 0.3 is 38.5 Å². The van der Waals surface area contributed by atoms with E-state index in [1.165, 1.54) is 52.0 Å². The van der Waals surface area contributed by atoms with Gasteiger partial charge in [-0.1, -0.05) is 141 Å². The van der Waals surface area contributed by atoms with E-state index in [4.69, 9.17) is 0 Å². The zero-order valence-electron chi connectivity index (χ0n) is 31.7. The Hall–Kier alpha value is -4.01. The maximum absolute atomic E-state index is 15.6. The number of rotatable bonds is 19. The number of Topliss-reactive ketones (excluding diaryl/α,β-unsaturated/α-hetero) is 1. The topological polar surface area (TPSA) is 163 Å². The predicted molar refractivity (Wildman–Crippen MR) is 208 cm³/mol. The van der Waals surface area contributed by atoms with Crippen molar-refractivity contribution in [2.24, 2.45) is 11.8 Å². The number of ether oxygens (including phenoxy) is 2. The summed E-state index contributed by atoms with van der Waals surface area (Å²) in [7, 11) is -11.5. The van der Waals surface area contributed by atoms with E-state index >= 15 is 17.6 Å². The van der Waals surface area contributed by atoms with Gasteiger partial charge < -0.3 is 19.3 Å². The molecule has 0 aliphatic heterocycles. The maximum Gasteiger partial charge on any atom is 0.404 e. The van der Waals surface area contributed by atoms with Crippen molar-refractivity contribution in [3.63, 3.8) is 0 Å². The third kappa shape index (κ3) is 10.6. The van der Waals surface area contributed by atoms with Crippen LogP contribution in [0.25, 0.3) is 0 Å². The Labute approximate surface area is 340 Å². The van der Waals surface area contributed by atoms with Crippen LogP contribution in [0.2, 0.25) is 0 Å². The first-order chi connectivity index (χ1) is 27.1. The van der Waals surface area contributed by atoms with Crippen molar-refractivity contribution in [1.29, 1.82) is 0 Å². The first kappa shape index (κ1) is 46.7. The summed E-state index contributed by atoms with van der Waals surface area (Å²) in [4.78, 5) is 58.6. The number of carbonyl (C=O) groups excluding carboxylic acids is 3. The summed E-state index contributed by atoms with van der Waals surface area (Å²) in [6.07, 6.45) is -0.320.